The summed E-state index contributed by atoms with van der Waals surface area (Å²) in [5.74, 6) is 0.452. The number of piperidine rings is 1. The molecule has 1 saturated heterocycles. The van der Waals surface area contributed by atoms with Crippen LogP contribution in [-0.2, 0) is 4.79 Å². The number of pyridine rings is 1. The van der Waals surface area contributed by atoms with Gasteiger partial charge in [0.25, 0.3) is 0 Å². The van der Waals surface area contributed by atoms with Gasteiger partial charge < -0.3 is 10.2 Å². The second-order valence-electron chi connectivity index (χ2n) is 5.37. The lowest BCUT2D eigenvalue weighted by Gasteiger charge is -2.33. The van der Waals surface area contributed by atoms with Crippen molar-refractivity contribution in [3.8, 4) is 0 Å². The van der Waals surface area contributed by atoms with E-state index in [0.29, 0.717) is 6.04 Å². The van der Waals surface area contributed by atoms with E-state index in [1.54, 1.807) is 0 Å². The summed E-state index contributed by atoms with van der Waals surface area (Å²) in [4.78, 5) is 18.4. The number of halogens is 1. The molecule has 1 aromatic heterocycles. The summed E-state index contributed by atoms with van der Waals surface area (Å²) in [5, 5.41) is 3.11. The van der Waals surface area contributed by atoms with Gasteiger partial charge >= 0.3 is 0 Å². The Kier molecular flexibility index (Phi) is 3.73. The average Bonchev–Trinajstić information content (AvgIpc) is 3.23. The first-order chi connectivity index (χ1) is 9.24. The molecule has 5 heteroatoms. The lowest BCUT2D eigenvalue weighted by Crippen LogP contribution is -2.41. The fourth-order valence-electron chi connectivity index (χ4n) is 2.55. The quantitative estimate of drug-likeness (QED) is 0.928. The topological polar surface area (TPSA) is 45.2 Å². The number of carbonyl (C=O) groups excluding carboxylic acids is 1. The summed E-state index contributed by atoms with van der Waals surface area (Å²) in [7, 11) is 0. The molecule has 1 aromatic rings. The van der Waals surface area contributed by atoms with Crippen LogP contribution in [0.3, 0.4) is 0 Å². The highest BCUT2D eigenvalue weighted by Crippen LogP contribution is 2.29. The minimum atomic E-state index is 0.192. The van der Waals surface area contributed by atoms with Crippen molar-refractivity contribution in [2.75, 3.05) is 18.0 Å². The van der Waals surface area contributed by atoms with Crippen LogP contribution in [0, 0.1) is 5.92 Å². The molecule has 2 fully saturated rings. The second-order valence-corrected chi connectivity index (χ2v) is 6.23. The molecule has 1 N–H and O–H groups in total. The number of carbonyl (C=O) groups is 1. The Bertz CT molecular complexity index is 468. The van der Waals surface area contributed by atoms with Gasteiger partial charge in [-0.2, -0.15) is 0 Å². The molecule has 0 atom stereocenters. The van der Waals surface area contributed by atoms with Crippen molar-refractivity contribution in [2.24, 2.45) is 5.92 Å². The van der Waals surface area contributed by atoms with Gasteiger partial charge in [-0.25, -0.2) is 0 Å². The van der Waals surface area contributed by atoms with E-state index >= 15 is 0 Å². The summed E-state index contributed by atoms with van der Waals surface area (Å²) in [6.07, 6.45) is 7.83. The maximum absolute atomic E-state index is 12.0. The van der Waals surface area contributed by atoms with Crippen molar-refractivity contribution >= 4 is 27.5 Å². The zero-order valence-corrected chi connectivity index (χ0v) is 12.4. The first kappa shape index (κ1) is 12.9. The zero-order chi connectivity index (χ0) is 13.2. The van der Waals surface area contributed by atoms with Gasteiger partial charge in [0.1, 0.15) is 0 Å². The van der Waals surface area contributed by atoms with Crippen LogP contribution in [0.2, 0.25) is 0 Å². The van der Waals surface area contributed by atoms with E-state index in [-0.39, 0.29) is 11.8 Å². The SMILES string of the molecule is O=C(NC1CC1)C1CCN(c2ccncc2Br)CC1. The van der Waals surface area contributed by atoms with E-state index in [1.807, 2.05) is 18.5 Å². The van der Waals surface area contributed by atoms with Crippen LogP contribution >= 0.6 is 15.9 Å². The summed E-state index contributed by atoms with van der Waals surface area (Å²) in [6.45, 7) is 1.87. The molecule has 102 valence electrons. The number of nitrogens with zero attached hydrogens (tertiary/aromatic N) is 2. The highest BCUT2D eigenvalue weighted by atomic mass is 79.9. The Balaban J connectivity index is 1.57. The molecule has 0 unspecified atom stereocenters. The van der Waals surface area contributed by atoms with Gasteiger partial charge in [-0.1, -0.05) is 0 Å². The molecule has 0 bridgehead atoms. The zero-order valence-electron chi connectivity index (χ0n) is 10.8. The Morgan fingerprint density at radius 1 is 1.32 bits per heavy atom. The molecule has 1 saturated carbocycles. The van der Waals surface area contributed by atoms with Crippen LogP contribution in [0.15, 0.2) is 22.9 Å². The van der Waals surface area contributed by atoms with Crippen LogP contribution in [0.1, 0.15) is 25.7 Å². The molecule has 4 nitrogen and oxygen atoms in total. The molecule has 0 aromatic carbocycles. The van der Waals surface area contributed by atoms with Crippen molar-refractivity contribution in [1.82, 2.24) is 10.3 Å². The van der Waals surface area contributed by atoms with E-state index in [2.05, 4.69) is 31.1 Å². The Morgan fingerprint density at radius 3 is 2.68 bits per heavy atom. The number of amides is 1. The molecule has 2 heterocycles. The summed E-state index contributed by atoms with van der Waals surface area (Å²) in [5.41, 5.74) is 1.18. The van der Waals surface area contributed by atoms with E-state index in [0.717, 1.165) is 43.2 Å². The van der Waals surface area contributed by atoms with Crippen LogP contribution in [-0.4, -0.2) is 30.0 Å². The van der Waals surface area contributed by atoms with Crippen molar-refractivity contribution in [1.29, 1.82) is 0 Å². The van der Waals surface area contributed by atoms with Crippen LogP contribution in [0.4, 0.5) is 5.69 Å². The predicted octanol–water partition coefficient (Wildman–Crippen LogP) is 2.34. The largest absolute Gasteiger partial charge is 0.370 e. The Morgan fingerprint density at radius 2 is 2.05 bits per heavy atom. The molecule has 19 heavy (non-hydrogen) atoms. The lowest BCUT2D eigenvalue weighted by atomic mass is 9.95. The van der Waals surface area contributed by atoms with Gasteiger partial charge in [-0.3, -0.25) is 9.78 Å². The Hall–Kier alpha value is -1.10. The van der Waals surface area contributed by atoms with Gasteiger partial charge in [0.2, 0.25) is 5.91 Å². The molecule has 1 aliphatic carbocycles. The van der Waals surface area contributed by atoms with Crippen molar-refractivity contribution in [2.45, 2.75) is 31.7 Å². The summed E-state index contributed by atoms with van der Waals surface area (Å²) in [6, 6.07) is 2.49. The van der Waals surface area contributed by atoms with Crippen LogP contribution in [0.5, 0.6) is 0 Å². The van der Waals surface area contributed by atoms with E-state index in [4.69, 9.17) is 0 Å². The minimum Gasteiger partial charge on any atom is -0.370 e. The molecule has 0 radical (unpaired) electrons. The van der Waals surface area contributed by atoms with Gasteiger partial charge in [0.05, 0.1) is 10.2 Å². The van der Waals surface area contributed by atoms with Crippen LogP contribution < -0.4 is 10.2 Å². The fraction of sp³-hybridized carbons (Fsp3) is 0.571. The third-order valence-corrected chi connectivity index (χ3v) is 4.49. The van der Waals surface area contributed by atoms with Gasteiger partial charge in [-0.05, 0) is 47.7 Å². The predicted molar refractivity (Wildman–Crippen MR) is 78.0 cm³/mol. The van der Waals surface area contributed by atoms with Crippen molar-refractivity contribution in [3.05, 3.63) is 22.9 Å². The van der Waals surface area contributed by atoms with Crippen LogP contribution in [0.25, 0.3) is 0 Å². The van der Waals surface area contributed by atoms with Gasteiger partial charge in [-0.15, -0.1) is 0 Å². The highest BCUT2D eigenvalue weighted by molar-refractivity contribution is 9.10. The number of anilines is 1. The van der Waals surface area contributed by atoms with Gasteiger partial charge in [0.15, 0.2) is 0 Å². The average molecular weight is 324 g/mol. The monoisotopic (exact) mass is 323 g/mol. The fourth-order valence-corrected chi connectivity index (χ4v) is 3.05. The molecule has 1 aliphatic heterocycles. The molecule has 1 amide bonds. The van der Waals surface area contributed by atoms with E-state index in [9.17, 15) is 4.79 Å². The third-order valence-electron chi connectivity index (χ3n) is 3.88. The molecule has 3 rings (SSSR count). The molecular weight excluding hydrogens is 306 g/mol. The normalized spacial score (nSPS) is 20.4. The molecule has 0 spiro atoms. The number of hydrogen-bond acceptors (Lipinski definition) is 3. The molecular formula is C14H18BrN3O. The standard InChI is InChI=1S/C14H18BrN3O/c15-12-9-16-6-3-13(12)18-7-4-10(5-8-18)14(19)17-11-1-2-11/h3,6,9-11H,1-2,4-5,7-8H2,(H,17,19). The maximum atomic E-state index is 12.0. The van der Waals surface area contributed by atoms with Gasteiger partial charge in [0, 0.05) is 37.4 Å². The molecule has 2 aliphatic rings. The lowest BCUT2D eigenvalue weighted by molar-refractivity contribution is -0.125. The summed E-state index contributed by atoms with van der Waals surface area (Å²) < 4.78 is 1.02. The maximum Gasteiger partial charge on any atom is 0.223 e. The minimum absolute atomic E-state index is 0.192. The first-order valence-electron chi connectivity index (χ1n) is 6.89. The number of hydrogen-bond donors (Lipinski definition) is 1. The third kappa shape index (κ3) is 3.08. The number of aromatic nitrogens is 1. The van der Waals surface area contributed by atoms with Crippen molar-refractivity contribution in [3.63, 3.8) is 0 Å². The summed E-state index contributed by atoms with van der Waals surface area (Å²) >= 11 is 3.53. The van der Waals surface area contributed by atoms with Crippen molar-refractivity contribution < 1.29 is 4.79 Å². The second kappa shape index (κ2) is 5.49. The Labute approximate surface area is 121 Å². The van der Waals surface area contributed by atoms with E-state index < -0.39 is 0 Å². The highest BCUT2D eigenvalue weighted by Gasteiger charge is 2.30. The number of rotatable bonds is 3. The first-order valence-corrected chi connectivity index (χ1v) is 7.68. The van der Waals surface area contributed by atoms with E-state index in [1.165, 1.54) is 5.69 Å². The smallest absolute Gasteiger partial charge is 0.223 e. The number of nitrogens with one attached hydrogen (secondary N) is 1.